The van der Waals surface area contributed by atoms with Crippen molar-refractivity contribution >= 4 is 5.78 Å². The third-order valence-electron chi connectivity index (χ3n) is 2.79. The van der Waals surface area contributed by atoms with Crippen LogP contribution in [0.25, 0.3) is 0 Å². The summed E-state index contributed by atoms with van der Waals surface area (Å²) in [6, 6.07) is 6.04. The largest absolute Gasteiger partial charge is 0.486 e. The van der Waals surface area contributed by atoms with E-state index in [0.29, 0.717) is 12.3 Å². The first-order valence-corrected chi connectivity index (χ1v) is 6.29. The van der Waals surface area contributed by atoms with E-state index in [4.69, 9.17) is 4.74 Å². The Morgan fingerprint density at radius 2 is 2.06 bits per heavy atom. The van der Waals surface area contributed by atoms with Gasteiger partial charge in [-0.1, -0.05) is 26.8 Å². The molecule has 0 unspecified atom stereocenters. The predicted octanol–water partition coefficient (Wildman–Crippen LogP) is 3.87. The highest BCUT2D eigenvalue weighted by atomic mass is 16.5. The second-order valence-corrected chi connectivity index (χ2v) is 4.75. The van der Waals surface area contributed by atoms with Crippen LogP contribution in [0.15, 0.2) is 18.2 Å². The summed E-state index contributed by atoms with van der Waals surface area (Å²) in [7, 11) is 0. The fraction of sp³-hybridized carbons (Fsp3) is 0.533. The Morgan fingerprint density at radius 1 is 1.35 bits per heavy atom. The highest BCUT2D eigenvalue weighted by Gasteiger charge is 2.06. The van der Waals surface area contributed by atoms with Gasteiger partial charge in [0.2, 0.25) is 0 Å². The van der Waals surface area contributed by atoms with Crippen molar-refractivity contribution in [2.45, 2.75) is 46.5 Å². The van der Waals surface area contributed by atoms with Gasteiger partial charge < -0.3 is 4.74 Å². The molecule has 1 rings (SSSR count). The monoisotopic (exact) mass is 234 g/mol. The Bertz CT molecular complexity index is 381. The molecular formula is C15H22O2. The smallest absolute Gasteiger partial charge is 0.170 e. The summed E-state index contributed by atoms with van der Waals surface area (Å²) in [6.07, 6.45) is 1.48. The van der Waals surface area contributed by atoms with Crippen LogP contribution in [0.4, 0.5) is 0 Å². The van der Waals surface area contributed by atoms with Crippen LogP contribution in [0.3, 0.4) is 0 Å². The average molecular weight is 234 g/mol. The van der Waals surface area contributed by atoms with Crippen molar-refractivity contribution < 1.29 is 9.53 Å². The number of ether oxygens (including phenoxy) is 1. The molecule has 0 amide bonds. The van der Waals surface area contributed by atoms with Gasteiger partial charge in [0.25, 0.3) is 0 Å². The lowest BCUT2D eigenvalue weighted by atomic mass is 9.98. The van der Waals surface area contributed by atoms with E-state index in [-0.39, 0.29) is 12.4 Å². The molecule has 2 heteroatoms. The van der Waals surface area contributed by atoms with Crippen LogP contribution in [-0.2, 0) is 4.79 Å². The van der Waals surface area contributed by atoms with Crippen molar-refractivity contribution in [3.05, 3.63) is 29.3 Å². The zero-order chi connectivity index (χ0) is 12.8. The van der Waals surface area contributed by atoms with E-state index in [2.05, 4.69) is 26.8 Å². The maximum Gasteiger partial charge on any atom is 0.170 e. The topological polar surface area (TPSA) is 26.3 Å². The van der Waals surface area contributed by atoms with Crippen LogP contribution >= 0.6 is 0 Å². The lowest BCUT2D eigenvalue weighted by Gasteiger charge is -2.12. The summed E-state index contributed by atoms with van der Waals surface area (Å²) in [5.74, 6) is 1.47. The molecule has 0 fully saturated rings. The Labute approximate surface area is 104 Å². The van der Waals surface area contributed by atoms with Crippen LogP contribution in [0.1, 0.15) is 50.7 Å². The van der Waals surface area contributed by atoms with E-state index in [9.17, 15) is 4.79 Å². The number of Topliss-reactive ketones (excluding diaryl/α,β-unsaturated/α-hetero) is 1. The van der Waals surface area contributed by atoms with Gasteiger partial charge in [-0.25, -0.2) is 0 Å². The van der Waals surface area contributed by atoms with Gasteiger partial charge in [-0.05, 0) is 42.5 Å². The molecule has 0 spiro atoms. The van der Waals surface area contributed by atoms with Gasteiger partial charge in [-0.3, -0.25) is 4.79 Å². The van der Waals surface area contributed by atoms with E-state index in [1.54, 1.807) is 0 Å². The zero-order valence-electron chi connectivity index (χ0n) is 11.2. The van der Waals surface area contributed by atoms with Gasteiger partial charge in [0.05, 0.1) is 0 Å². The molecule has 0 saturated heterocycles. The minimum absolute atomic E-state index is 0.165. The summed E-state index contributed by atoms with van der Waals surface area (Å²) in [4.78, 5) is 11.4. The van der Waals surface area contributed by atoms with Gasteiger partial charge in [0.1, 0.15) is 12.4 Å². The van der Waals surface area contributed by atoms with Crippen LogP contribution in [0, 0.1) is 6.92 Å². The molecule has 0 saturated carbocycles. The molecule has 0 aliphatic carbocycles. The van der Waals surface area contributed by atoms with Crippen LogP contribution < -0.4 is 4.74 Å². The summed E-state index contributed by atoms with van der Waals surface area (Å²) in [5.41, 5.74) is 2.55. The molecule has 0 aliphatic heterocycles. The lowest BCUT2D eigenvalue weighted by Crippen LogP contribution is -2.10. The third-order valence-corrected chi connectivity index (χ3v) is 2.79. The number of carbonyl (C=O) groups excluding carboxylic acids is 1. The third kappa shape index (κ3) is 4.22. The summed E-state index contributed by atoms with van der Waals surface area (Å²) < 4.78 is 5.49. The van der Waals surface area contributed by atoms with E-state index in [1.807, 2.05) is 19.1 Å². The summed E-state index contributed by atoms with van der Waals surface area (Å²) >= 11 is 0. The van der Waals surface area contributed by atoms with Gasteiger partial charge in [-0.15, -0.1) is 0 Å². The number of carbonyl (C=O) groups is 1. The Balaban J connectivity index is 2.62. The standard InChI is InChI=1S/C15H22O2/c1-5-6-13(16)10-17-14-7-8-15(11(2)3)12(4)9-14/h7-9,11H,5-6,10H2,1-4H3. The van der Waals surface area contributed by atoms with Crippen molar-refractivity contribution in [2.24, 2.45) is 0 Å². The Kier molecular flexibility index (Phi) is 5.20. The quantitative estimate of drug-likeness (QED) is 0.747. The van der Waals surface area contributed by atoms with E-state index in [1.165, 1.54) is 11.1 Å². The van der Waals surface area contributed by atoms with E-state index >= 15 is 0 Å². The van der Waals surface area contributed by atoms with Crippen LogP contribution in [0.5, 0.6) is 5.75 Å². The highest BCUT2D eigenvalue weighted by molar-refractivity contribution is 5.79. The maximum atomic E-state index is 11.4. The number of rotatable bonds is 6. The first-order chi connectivity index (χ1) is 8.04. The maximum absolute atomic E-state index is 11.4. The first-order valence-electron chi connectivity index (χ1n) is 6.29. The molecule has 17 heavy (non-hydrogen) atoms. The molecule has 0 bridgehead atoms. The van der Waals surface area contributed by atoms with Crippen molar-refractivity contribution in [2.75, 3.05) is 6.61 Å². The molecule has 2 nitrogen and oxygen atoms in total. The molecule has 0 aliphatic rings. The minimum atomic E-state index is 0.165. The van der Waals surface area contributed by atoms with Gasteiger partial charge >= 0.3 is 0 Å². The molecule has 0 radical (unpaired) electrons. The SMILES string of the molecule is CCCC(=O)COc1ccc(C(C)C)c(C)c1. The van der Waals surface area contributed by atoms with Gasteiger partial charge in [-0.2, -0.15) is 0 Å². The molecule has 1 aromatic rings. The summed E-state index contributed by atoms with van der Waals surface area (Å²) in [6.45, 7) is 8.62. The van der Waals surface area contributed by atoms with Gasteiger partial charge in [0, 0.05) is 6.42 Å². The zero-order valence-corrected chi connectivity index (χ0v) is 11.2. The second-order valence-electron chi connectivity index (χ2n) is 4.75. The minimum Gasteiger partial charge on any atom is -0.486 e. The predicted molar refractivity (Wildman–Crippen MR) is 70.7 cm³/mol. The molecule has 0 atom stereocenters. The van der Waals surface area contributed by atoms with Crippen molar-refractivity contribution in [1.82, 2.24) is 0 Å². The first kappa shape index (κ1) is 13.8. The highest BCUT2D eigenvalue weighted by Crippen LogP contribution is 2.23. The van der Waals surface area contributed by atoms with Crippen molar-refractivity contribution in [3.63, 3.8) is 0 Å². The molecule has 1 aromatic carbocycles. The van der Waals surface area contributed by atoms with E-state index < -0.39 is 0 Å². The molecular weight excluding hydrogens is 212 g/mol. The fourth-order valence-corrected chi connectivity index (χ4v) is 1.90. The normalized spacial score (nSPS) is 10.6. The van der Waals surface area contributed by atoms with Crippen LogP contribution in [0.2, 0.25) is 0 Å². The lowest BCUT2D eigenvalue weighted by molar-refractivity contribution is -0.121. The number of hydrogen-bond acceptors (Lipinski definition) is 2. The number of ketones is 1. The fourth-order valence-electron chi connectivity index (χ4n) is 1.90. The average Bonchev–Trinajstić information content (AvgIpc) is 2.26. The second kappa shape index (κ2) is 6.43. The van der Waals surface area contributed by atoms with Crippen molar-refractivity contribution in [1.29, 1.82) is 0 Å². The van der Waals surface area contributed by atoms with E-state index in [0.717, 1.165) is 12.2 Å². The molecule has 0 N–H and O–H groups in total. The molecule has 94 valence electrons. The van der Waals surface area contributed by atoms with Crippen LogP contribution in [-0.4, -0.2) is 12.4 Å². The molecule has 0 aromatic heterocycles. The number of benzene rings is 1. The Morgan fingerprint density at radius 3 is 2.59 bits per heavy atom. The number of hydrogen-bond donors (Lipinski definition) is 0. The van der Waals surface area contributed by atoms with Crippen molar-refractivity contribution in [3.8, 4) is 5.75 Å². The number of aryl methyl sites for hydroxylation is 1. The molecule has 0 heterocycles. The van der Waals surface area contributed by atoms with Gasteiger partial charge in [0.15, 0.2) is 5.78 Å². The summed E-state index contributed by atoms with van der Waals surface area (Å²) in [5, 5.41) is 0. The Hall–Kier alpha value is -1.31.